The van der Waals surface area contributed by atoms with E-state index in [0.717, 1.165) is 12.5 Å². The first-order valence-electron chi connectivity index (χ1n) is 8.22. The summed E-state index contributed by atoms with van der Waals surface area (Å²) in [5.74, 6) is 0.757. The Balaban J connectivity index is 1.54. The summed E-state index contributed by atoms with van der Waals surface area (Å²) in [6.07, 6.45) is 10.4. The van der Waals surface area contributed by atoms with E-state index in [1.54, 1.807) is 15.3 Å². The van der Waals surface area contributed by atoms with Gasteiger partial charge in [-0.2, -0.15) is 0 Å². The van der Waals surface area contributed by atoms with Crippen LogP contribution >= 0.6 is 11.3 Å². The van der Waals surface area contributed by atoms with Crippen LogP contribution in [0.15, 0.2) is 6.07 Å². The van der Waals surface area contributed by atoms with E-state index >= 15 is 0 Å². The fourth-order valence-corrected chi connectivity index (χ4v) is 5.85. The van der Waals surface area contributed by atoms with E-state index in [0.29, 0.717) is 6.04 Å². The van der Waals surface area contributed by atoms with Crippen LogP contribution in [0.4, 0.5) is 0 Å². The van der Waals surface area contributed by atoms with E-state index in [1.807, 2.05) is 0 Å². The minimum absolute atomic E-state index is 0.262. The van der Waals surface area contributed by atoms with Gasteiger partial charge in [0, 0.05) is 22.4 Å². The molecule has 20 heavy (non-hydrogen) atoms. The van der Waals surface area contributed by atoms with E-state index in [1.165, 1.54) is 51.4 Å². The highest BCUT2D eigenvalue weighted by molar-refractivity contribution is 7.12. The lowest BCUT2D eigenvalue weighted by atomic mass is 9.70. The zero-order valence-electron chi connectivity index (χ0n) is 12.4. The molecule has 4 rings (SSSR count). The molecule has 0 bridgehead atoms. The van der Waals surface area contributed by atoms with Crippen LogP contribution in [0.3, 0.4) is 0 Å². The highest BCUT2D eigenvalue weighted by atomic mass is 32.1. The molecule has 1 aliphatic heterocycles. The maximum Gasteiger partial charge on any atom is 0.0686 e. The second-order valence-electron chi connectivity index (χ2n) is 6.85. The fourth-order valence-electron chi connectivity index (χ4n) is 4.39. The summed E-state index contributed by atoms with van der Waals surface area (Å²) in [5, 5.41) is 3.62. The number of nitrogens with one attached hydrogen (secondary N) is 1. The van der Waals surface area contributed by atoms with Gasteiger partial charge in [-0.15, -0.1) is 11.3 Å². The van der Waals surface area contributed by atoms with Crippen molar-refractivity contribution in [3.8, 4) is 0 Å². The minimum atomic E-state index is 0.262. The van der Waals surface area contributed by atoms with Crippen molar-refractivity contribution in [1.82, 2.24) is 5.32 Å². The number of hydrogen-bond acceptors (Lipinski definition) is 3. The highest BCUT2D eigenvalue weighted by Crippen LogP contribution is 2.48. The largest absolute Gasteiger partial charge is 0.375 e. The zero-order valence-corrected chi connectivity index (χ0v) is 13.2. The van der Waals surface area contributed by atoms with Gasteiger partial charge in [-0.05, 0) is 76.0 Å². The van der Waals surface area contributed by atoms with Gasteiger partial charge in [-0.1, -0.05) is 0 Å². The molecule has 2 heterocycles. The molecule has 1 aromatic rings. The monoisotopic (exact) mass is 291 g/mol. The summed E-state index contributed by atoms with van der Waals surface area (Å²) in [5.41, 5.74) is 1.90. The molecular formula is C17H25NOS. The van der Waals surface area contributed by atoms with Crippen LogP contribution in [-0.2, 0) is 17.6 Å². The molecule has 1 saturated carbocycles. The van der Waals surface area contributed by atoms with Gasteiger partial charge < -0.3 is 10.1 Å². The van der Waals surface area contributed by atoms with E-state index in [2.05, 4.69) is 29.8 Å². The van der Waals surface area contributed by atoms with E-state index in [4.69, 9.17) is 4.74 Å². The first kappa shape index (κ1) is 13.3. The Kier molecular flexibility index (Phi) is 3.40. The van der Waals surface area contributed by atoms with Crippen molar-refractivity contribution in [3.63, 3.8) is 0 Å². The summed E-state index contributed by atoms with van der Waals surface area (Å²) < 4.78 is 6.10. The van der Waals surface area contributed by atoms with Crippen LogP contribution in [0, 0.1) is 5.92 Å². The minimum Gasteiger partial charge on any atom is -0.375 e. The second kappa shape index (κ2) is 5.11. The third kappa shape index (κ3) is 2.15. The summed E-state index contributed by atoms with van der Waals surface area (Å²) in [6, 6.07) is 3.05. The van der Waals surface area contributed by atoms with Gasteiger partial charge >= 0.3 is 0 Å². The molecule has 1 aromatic heterocycles. The maximum absolute atomic E-state index is 6.10. The highest BCUT2D eigenvalue weighted by Gasteiger charge is 2.44. The molecule has 2 aliphatic carbocycles. The molecule has 110 valence electrons. The van der Waals surface area contributed by atoms with Crippen LogP contribution in [0.5, 0.6) is 0 Å². The van der Waals surface area contributed by atoms with Crippen molar-refractivity contribution in [2.75, 3.05) is 13.7 Å². The number of ether oxygens (including phenoxy) is 1. The lowest BCUT2D eigenvalue weighted by molar-refractivity contribution is -0.147. The first-order chi connectivity index (χ1) is 9.80. The molecule has 1 N–H and O–H groups in total. The Bertz CT molecular complexity index is 470. The molecule has 2 atom stereocenters. The zero-order chi connectivity index (χ0) is 13.6. The number of thiophene rings is 1. The normalized spacial score (nSPS) is 29.1. The molecular weight excluding hydrogens is 266 g/mol. The lowest BCUT2D eigenvalue weighted by Crippen LogP contribution is -2.47. The predicted molar refractivity (Wildman–Crippen MR) is 83.4 cm³/mol. The van der Waals surface area contributed by atoms with Gasteiger partial charge in [0.2, 0.25) is 0 Å². The maximum atomic E-state index is 6.10. The second-order valence-corrected chi connectivity index (χ2v) is 8.02. The van der Waals surface area contributed by atoms with Crippen molar-refractivity contribution in [3.05, 3.63) is 21.4 Å². The van der Waals surface area contributed by atoms with Gasteiger partial charge in [-0.3, -0.25) is 0 Å². The van der Waals surface area contributed by atoms with Gasteiger partial charge in [0.15, 0.2) is 0 Å². The summed E-state index contributed by atoms with van der Waals surface area (Å²) in [7, 11) is 2.14. The Morgan fingerprint density at radius 1 is 1.35 bits per heavy atom. The topological polar surface area (TPSA) is 21.3 Å². The molecule has 3 heteroatoms. The van der Waals surface area contributed by atoms with Crippen LogP contribution in [-0.4, -0.2) is 19.3 Å². The van der Waals surface area contributed by atoms with Crippen LogP contribution in [0.2, 0.25) is 0 Å². The molecule has 2 unspecified atom stereocenters. The fraction of sp³-hybridized carbons (Fsp3) is 0.765. The number of hydrogen-bond donors (Lipinski definition) is 1. The van der Waals surface area contributed by atoms with Crippen molar-refractivity contribution in [2.24, 2.45) is 5.92 Å². The number of rotatable bonds is 3. The Hall–Kier alpha value is -0.380. The van der Waals surface area contributed by atoms with Crippen molar-refractivity contribution in [1.29, 1.82) is 0 Å². The Labute approximate surface area is 125 Å². The van der Waals surface area contributed by atoms with Gasteiger partial charge in [0.25, 0.3) is 0 Å². The standard InChI is InChI=1S/C17H25NOS/c1-18-16(15-10-12-4-2-5-14(12)20-15)13-6-9-19-17(11-13)7-3-8-17/h10,13,16,18H,2-9,11H2,1H3. The van der Waals surface area contributed by atoms with Crippen molar-refractivity contribution < 1.29 is 4.74 Å². The Morgan fingerprint density at radius 3 is 2.95 bits per heavy atom. The quantitative estimate of drug-likeness (QED) is 0.913. The molecule has 2 nitrogen and oxygen atoms in total. The predicted octanol–water partition coefficient (Wildman–Crippen LogP) is 3.85. The van der Waals surface area contributed by atoms with E-state index in [9.17, 15) is 0 Å². The molecule has 0 amide bonds. The van der Waals surface area contributed by atoms with Crippen LogP contribution < -0.4 is 5.32 Å². The Morgan fingerprint density at radius 2 is 2.25 bits per heavy atom. The van der Waals surface area contributed by atoms with E-state index < -0.39 is 0 Å². The van der Waals surface area contributed by atoms with Gasteiger partial charge in [0.1, 0.15) is 0 Å². The number of aryl methyl sites for hydroxylation is 2. The summed E-state index contributed by atoms with van der Waals surface area (Å²) in [4.78, 5) is 3.24. The summed E-state index contributed by atoms with van der Waals surface area (Å²) >= 11 is 2.07. The van der Waals surface area contributed by atoms with E-state index in [-0.39, 0.29) is 5.60 Å². The van der Waals surface area contributed by atoms with Crippen LogP contribution in [0.25, 0.3) is 0 Å². The molecule has 2 fully saturated rings. The molecule has 1 saturated heterocycles. The molecule has 3 aliphatic rings. The smallest absolute Gasteiger partial charge is 0.0686 e. The third-order valence-corrected chi connectivity index (χ3v) is 6.97. The molecule has 0 aromatic carbocycles. The lowest BCUT2D eigenvalue weighted by Gasteiger charge is -2.48. The van der Waals surface area contributed by atoms with Crippen molar-refractivity contribution >= 4 is 11.3 Å². The molecule has 0 radical (unpaired) electrons. The van der Waals surface area contributed by atoms with Gasteiger partial charge in [0.05, 0.1) is 5.60 Å². The average Bonchev–Trinajstić information content (AvgIpc) is 2.99. The third-order valence-electron chi connectivity index (χ3n) is 5.65. The number of fused-ring (bicyclic) bond motifs is 1. The molecule has 1 spiro atoms. The SMILES string of the molecule is CNC(c1cc2c(s1)CCC2)C1CCOC2(CCC2)C1. The van der Waals surface area contributed by atoms with Gasteiger partial charge in [-0.25, -0.2) is 0 Å². The van der Waals surface area contributed by atoms with Crippen LogP contribution in [0.1, 0.15) is 59.9 Å². The first-order valence-corrected chi connectivity index (χ1v) is 9.04. The average molecular weight is 291 g/mol. The van der Waals surface area contributed by atoms with Crippen molar-refractivity contribution in [2.45, 2.75) is 63.0 Å². The summed E-state index contributed by atoms with van der Waals surface area (Å²) in [6.45, 7) is 0.966.